The quantitative estimate of drug-likeness (QED) is 0.160. The second-order valence-corrected chi connectivity index (χ2v) is 12.8. The second-order valence-electron chi connectivity index (χ2n) is 12.8. The first-order valence-corrected chi connectivity index (χ1v) is 17.3. The van der Waals surface area contributed by atoms with Crippen molar-refractivity contribution in [3.05, 3.63) is 133 Å². The summed E-state index contributed by atoms with van der Waals surface area (Å²) in [6, 6.07) is 39.2. The van der Waals surface area contributed by atoms with Crippen molar-refractivity contribution in [2.45, 2.75) is 0 Å². The van der Waals surface area contributed by atoms with E-state index in [0.717, 1.165) is 11.4 Å². The van der Waals surface area contributed by atoms with Gasteiger partial charge in [0.05, 0.1) is 0 Å². The molecule has 8 amide bonds. The first kappa shape index (κ1) is 38.4. The Labute approximate surface area is 317 Å². The third-order valence-corrected chi connectivity index (χ3v) is 9.40. The predicted octanol–water partition coefficient (Wildman–Crippen LogP) is 8.46. The van der Waals surface area contributed by atoms with Gasteiger partial charge in [-0.05, 0) is 78.9 Å². The zero-order chi connectivity index (χ0) is 39.1. The van der Waals surface area contributed by atoms with E-state index in [1.165, 1.54) is 29.4 Å². The highest BCUT2D eigenvalue weighted by molar-refractivity contribution is 6.07. The highest BCUT2D eigenvalue weighted by Gasteiger charge is 2.24. The molecule has 54 heavy (non-hydrogen) atoms. The molecular formula is C42H46N8O4. The molecule has 0 radical (unpaired) electrons. The van der Waals surface area contributed by atoms with Crippen molar-refractivity contribution in [2.75, 3.05) is 95.6 Å². The van der Waals surface area contributed by atoms with Gasteiger partial charge in [0, 0.05) is 102 Å². The van der Waals surface area contributed by atoms with E-state index in [2.05, 4.69) is 0 Å². The average molecular weight is 727 g/mol. The molecule has 0 aliphatic rings. The van der Waals surface area contributed by atoms with E-state index in [4.69, 9.17) is 0 Å². The molecule has 0 aromatic heterocycles. The van der Waals surface area contributed by atoms with Crippen molar-refractivity contribution >= 4 is 69.6 Å². The van der Waals surface area contributed by atoms with Crippen molar-refractivity contribution in [1.29, 1.82) is 0 Å². The van der Waals surface area contributed by atoms with E-state index in [9.17, 15) is 19.2 Å². The van der Waals surface area contributed by atoms with Crippen LogP contribution in [0.25, 0.3) is 0 Å². The van der Waals surface area contributed by atoms with Crippen molar-refractivity contribution in [1.82, 2.24) is 0 Å². The zero-order valence-electron chi connectivity index (χ0n) is 31.9. The van der Waals surface area contributed by atoms with Crippen LogP contribution >= 0.6 is 0 Å². The minimum atomic E-state index is -0.320. The Balaban J connectivity index is 1.26. The van der Waals surface area contributed by atoms with Gasteiger partial charge >= 0.3 is 24.1 Å². The van der Waals surface area contributed by atoms with Gasteiger partial charge in [-0.25, -0.2) is 19.2 Å². The molecule has 0 aliphatic carbocycles. The smallest absolute Gasteiger partial charge is 0.297 e. The Morgan fingerprint density at radius 1 is 0.259 bits per heavy atom. The minimum absolute atomic E-state index is 0.229. The minimum Gasteiger partial charge on any atom is -0.297 e. The van der Waals surface area contributed by atoms with Gasteiger partial charge in [-0.3, -0.25) is 39.2 Å². The van der Waals surface area contributed by atoms with Crippen molar-refractivity contribution < 1.29 is 19.2 Å². The highest BCUT2D eigenvalue weighted by atomic mass is 16.2. The number of anilines is 8. The number of urea groups is 4. The van der Waals surface area contributed by atoms with Gasteiger partial charge in [0.25, 0.3) is 0 Å². The summed E-state index contributed by atoms with van der Waals surface area (Å²) in [5.41, 5.74) is 5.11. The molecule has 0 bridgehead atoms. The van der Waals surface area contributed by atoms with Gasteiger partial charge in [-0.15, -0.1) is 0 Å². The summed E-state index contributed by atoms with van der Waals surface area (Å²) in [5.74, 6) is 0. The summed E-state index contributed by atoms with van der Waals surface area (Å²) in [5, 5.41) is 0. The van der Waals surface area contributed by atoms with Crippen LogP contribution in [0.15, 0.2) is 133 Å². The number of benzene rings is 5. The topological polar surface area (TPSA) is 94.2 Å². The molecule has 5 aromatic rings. The van der Waals surface area contributed by atoms with Crippen molar-refractivity contribution in [2.24, 2.45) is 0 Å². The fraction of sp³-hybridized carbons (Fsp3) is 0.190. The number of carbonyl (C=O) groups excluding carboxylic acids is 4. The SMILES string of the molecule is CN(C(=O)N(C)c1cccc(N(C)C(=O)N(C)c2cccc(N(C)C(=O)N(C)c3cccc(N(C)C(=O)N(C)c4ccccc4)c3)c2)c1)c1ccccc1. The molecule has 5 aromatic carbocycles. The van der Waals surface area contributed by atoms with Crippen molar-refractivity contribution in [3.8, 4) is 0 Å². The fourth-order valence-corrected chi connectivity index (χ4v) is 5.82. The average Bonchev–Trinajstić information content (AvgIpc) is 3.23. The van der Waals surface area contributed by atoms with Crippen LogP contribution in [-0.2, 0) is 0 Å². The standard InChI is InChI=1S/C42H46N8O4/c1-43(31-18-11-9-12-19-31)39(51)45(3)33-22-15-24-35(28-33)47(5)41(53)49(7)37-26-17-27-38(30-37)50(8)42(54)48(6)36-25-16-23-34(29-36)46(4)40(52)44(2)32-20-13-10-14-21-32/h9-30H,1-8H3. The maximum atomic E-state index is 13.8. The van der Waals surface area contributed by atoms with E-state index in [0.29, 0.717) is 34.1 Å². The van der Waals surface area contributed by atoms with Crippen LogP contribution in [0.2, 0.25) is 0 Å². The Kier molecular flexibility index (Phi) is 11.9. The maximum absolute atomic E-state index is 13.8. The maximum Gasteiger partial charge on any atom is 0.328 e. The van der Waals surface area contributed by atoms with E-state index >= 15 is 0 Å². The number of rotatable bonds is 8. The number of amides is 8. The third-order valence-electron chi connectivity index (χ3n) is 9.40. The molecule has 0 N–H and O–H groups in total. The Morgan fingerprint density at radius 3 is 0.630 bits per heavy atom. The normalized spacial score (nSPS) is 10.5. The first-order valence-electron chi connectivity index (χ1n) is 17.3. The largest absolute Gasteiger partial charge is 0.328 e. The first-order chi connectivity index (χ1) is 25.8. The van der Waals surface area contributed by atoms with E-state index in [1.807, 2.05) is 72.8 Å². The number of hydrogen-bond donors (Lipinski definition) is 0. The molecule has 0 saturated carbocycles. The number of hydrogen-bond acceptors (Lipinski definition) is 4. The lowest BCUT2D eigenvalue weighted by atomic mass is 10.2. The molecule has 0 aliphatic heterocycles. The number of carbonyl (C=O) groups is 4. The van der Waals surface area contributed by atoms with Gasteiger partial charge in [0.2, 0.25) is 0 Å². The summed E-state index contributed by atoms with van der Waals surface area (Å²) < 4.78 is 0. The molecule has 5 rings (SSSR count). The van der Waals surface area contributed by atoms with Crippen LogP contribution in [-0.4, -0.2) is 80.5 Å². The van der Waals surface area contributed by atoms with E-state index < -0.39 is 0 Å². The summed E-state index contributed by atoms with van der Waals surface area (Å²) >= 11 is 0. The lowest BCUT2D eigenvalue weighted by Gasteiger charge is -2.29. The van der Waals surface area contributed by atoms with Gasteiger partial charge in [-0.2, -0.15) is 0 Å². The Bertz CT molecular complexity index is 1970. The molecule has 0 saturated heterocycles. The van der Waals surface area contributed by atoms with Crippen LogP contribution in [0.4, 0.5) is 64.7 Å². The van der Waals surface area contributed by atoms with Crippen molar-refractivity contribution in [3.63, 3.8) is 0 Å². The zero-order valence-corrected chi connectivity index (χ0v) is 31.9. The van der Waals surface area contributed by atoms with Crippen LogP contribution in [0.1, 0.15) is 0 Å². The summed E-state index contributed by atoms with van der Waals surface area (Å²) in [7, 11) is 13.5. The molecular weight excluding hydrogens is 681 g/mol. The summed E-state index contributed by atoms with van der Waals surface area (Å²) in [6.45, 7) is 0. The second kappa shape index (κ2) is 16.7. The molecule has 0 fully saturated rings. The molecule has 0 atom stereocenters. The van der Waals surface area contributed by atoms with Gasteiger partial charge < -0.3 is 0 Å². The third kappa shape index (κ3) is 8.28. The van der Waals surface area contributed by atoms with E-state index in [-0.39, 0.29) is 24.1 Å². The van der Waals surface area contributed by atoms with Crippen LogP contribution in [0.5, 0.6) is 0 Å². The van der Waals surface area contributed by atoms with Crippen LogP contribution < -0.4 is 39.2 Å². The predicted molar refractivity (Wildman–Crippen MR) is 221 cm³/mol. The lowest BCUT2D eigenvalue weighted by molar-refractivity contribution is 0.253. The van der Waals surface area contributed by atoms with Gasteiger partial charge in [0.1, 0.15) is 0 Å². The molecule has 12 heteroatoms. The fourth-order valence-electron chi connectivity index (χ4n) is 5.82. The lowest BCUT2D eigenvalue weighted by Crippen LogP contribution is -2.41. The Morgan fingerprint density at radius 2 is 0.426 bits per heavy atom. The Hall–Kier alpha value is -6.82. The molecule has 0 unspecified atom stereocenters. The van der Waals surface area contributed by atoms with Gasteiger partial charge in [-0.1, -0.05) is 54.6 Å². The molecule has 0 heterocycles. The van der Waals surface area contributed by atoms with Crippen LogP contribution in [0.3, 0.4) is 0 Å². The molecule has 0 spiro atoms. The molecule has 12 nitrogen and oxygen atoms in total. The van der Waals surface area contributed by atoms with Crippen LogP contribution in [0, 0.1) is 0 Å². The number of nitrogens with zero attached hydrogens (tertiary/aromatic N) is 8. The highest BCUT2D eigenvalue weighted by Crippen LogP contribution is 2.29. The summed E-state index contributed by atoms with van der Waals surface area (Å²) in [6.07, 6.45) is 0. The summed E-state index contributed by atoms with van der Waals surface area (Å²) in [4.78, 5) is 66.2. The number of para-hydroxylation sites is 2. The molecule has 278 valence electrons. The monoisotopic (exact) mass is 726 g/mol. The van der Waals surface area contributed by atoms with Gasteiger partial charge in [0.15, 0.2) is 0 Å². The van der Waals surface area contributed by atoms with E-state index in [1.54, 1.807) is 127 Å².